The molecule has 1 fully saturated rings. The predicted molar refractivity (Wildman–Crippen MR) is 49.8 cm³/mol. The van der Waals surface area contributed by atoms with Crippen LogP contribution in [0.25, 0.3) is 0 Å². The molecule has 0 aromatic carbocycles. The van der Waals surface area contributed by atoms with Crippen molar-refractivity contribution in [3.8, 4) is 0 Å². The summed E-state index contributed by atoms with van der Waals surface area (Å²) < 4.78 is 0. The molecular formula is C8H17NOS. The number of hydrogen-bond donors (Lipinski definition) is 2. The summed E-state index contributed by atoms with van der Waals surface area (Å²) in [4.78, 5) is 0. The number of aliphatic hydroxyl groups excluding tert-OH is 1. The Morgan fingerprint density at radius 1 is 1.73 bits per heavy atom. The molecule has 2 unspecified atom stereocenters. The van der Waals surface area contributed by atoms with E-state index < -0.39 is 0 Å². The van der Waals surface area contributed by atoms with Crippen LogP contribution in [0, 0.1) is 0 Å². The third kappa shape index (κ3) is 3.01. The van der Waals surface area contributed by atoms with Gasteiger partial charge < -0.3 is 10.8 Å². The topological polar surface area (TPSA) is 46.2 Å². The van der Waals surface area contributed by atoms with Crippen molar-refractivity contribution in [2.24, 2.45) is 5.73 Å². The number of hydrogen-bond acceptors (Lipinski definition) is 3. The summed E-state index contributed by atoms with van der Waals surface area (Å²) in [5.74, 6) is 1.27. The van der Waals surface area contributed by atoms with E-state index in [1.807, 2.05) is 18.7 Å². The lowest BCUT2D eigenvalue weighted by molar-refractivity contribution is 0.199. The van der Waals surface area contributed by atoms with Crippen LogP contribution in [-0.2, 0) is 0 Å². The molecule has 1 heterocycles. The summed E-state index contributed by atoms with van der Waals surface area (Å²) in [7, 11) is 0. The molecule has 2 nitrogen and oxygen atoms in total. The maximum Gasteiger partial charge on any atom is 0.0608 e. The lowest BCUT2D eigenvalue weighted by atomic mass is 9.97. The Morgan fingerprint density at radius 2 is 2.45 bits per heavy atom. The summed E-state index contributed by atoms with van der Waals surface area (Å²) in [6, 6.07) is 0. The van der Waals surface area contributed by atoms with Crippen LogP contribution in [0.1, 0.15) is 26.2 Å². The highest BCUT2D eigenvalue weighted by Gasteiger charge is 2.25. The molecule has 1 rings (SSSR count). The molecule has 0 saturated carbocycles. The van der Waals surface area contributed by atoms with Gasteiger partial charge in [-0.05, 0) is 31.9 Å². The van der Waals surface area contributed by atoms with Crippen LogP contribution in [0.5, 0.6) is 0 Å². The monoisotopic (exact) mass is 175 g/mol. The smallest absolute Gasteiger partial charge is 0.0608 e. The molecule has 0 aromatic rings. The van der Waals surface area contributed by atoms with E-state index in [0.717, 1.165) is 6.42 Å². The molecule has 0 aliphatic carbocycles. The van der Waals surface area contributed by atoms with Gasteiger partial charge in [0, 0.05) is 10.8 Å². The average molecular weight is 175 g/mol. The number of thioether (sulfide) groups is 1. The van der Waals surface area contributed by atoms with E-state index in [9.17, 15) is 0 Å². The molecule has 1 aliphatic heterocycles. The SMILES string of the molecule is CC(N)(CO)CC1CCCS1. The highest BCUT2D eigenvalue weighted by molar-refractivity contribution is 8.00. The van der Waals surface area contributed by atoms with Gasteiger partial charge in [0.2, 0.25) is 0 Å². The molecular weight excluding hydrogens is 158 g/mol. The fourth-order valence-corrected chi connectivity index (χ4v) is 2.89. The third-order valence-electron chi connectivity index (χ3n) is 2.08. The first-order valence-corrected chi connectivity index (χ1v) is 5.20. The zero-order valence-corrected chi connectivity index (χ0v) is 7.86. The van der Waals surface area contributed by atoms with Crippen LogP contribution < -0.4 is 5.73 Å². The van der Waals surface area contributed by atoms with Gasteiger partial charge in [0.25, 0.3) is 0 Å². The van der Waals surface area contributed by atoms with E-state index in [4.69, 9.17) is 10.8 Å². The minimum atomic E-state index is -0.359. The fourth-order valence-electron chi connectivity index (χ4n) is 1.39. The Bertz CT molecular complexity index is 121. The van der Waals surface area contributed by atoms with E-state index in [1.165, 1.54) is 18.6 Å². The van der Waals surface area contributed by atoms with Gasteiger partial charge in [-0.1, -0.05) is 0 Å². The molecule has 0 amide bonds. The number of aliphatic hydroxyl groups is 1. The summed E-state index contributed by atoms with van der Waals surface area (Å²) in [6.45, 7) is 2.02. The van der Waals surface area contributed by atoms with E-state index in [0.29, 0.717) is 5.25 Å². The van der Waals surface area contributed by atoms with Gasteiger partial charge in [0.1, 0.15) is 0 Å². The van der Waals surface area contributed by atoms with Crippen LogP contribution in [0.2, 0.25) is 0 Å². The molecule has 1 saturated heterocycles. The van der Waals surface area contributed by atoms with Crippen LogP contribution in [0.4, 0.5) is 0 Å². The van der Waals surface area contributed by atoms with Gasteiger partial charge >= 0.3 is 0 Å². The van der Waals surface area contributed by atoms with Crippen LogP contribution in [0.15, 0.2) is 0 Å². The Kier molecular flexibility index (Phi) is 3.22. The Balaban J connectivity index is 2.28. The van der Waals surface area contributed by atoms with E-state index >= 15 is 0 Å². The van der Waals surface area contributed by atoms with Crippen molar-refractivity contribution < 1.29 is 5.11 Å². The molecule has 3 N–H and O–H groups in total. The summed E-state index contributed by atoms with van der Waals surface area (Å²) >= 11 is 1.99. The maximum atomic E-state index is 8.92. The van der Waals surface area contributed by atoms with E-state index in [2.05, 4.69) is 0 Å². The lowest BCUT2D eigenvalue weighted by Gasteiger charge is -2.24. The highest BCUT2D eigenvalue weighted by atomic mass is 32.2. The number of nitrogens with two attached hydrogens (primary N) is 1. The first-order chi connectivity index (χ1) is 5.14. The van der Waals surface area contributed by atoms with Gasteiger partial charge in [0.15, 0.2) is 0 Å². The van der Waals surface area contributed by atoms with Gasteiger partial charge in [-0.15, -0.1) is 0 Å². The minimum Gasteiger partial charge on any atom is -0.394 e. The lowest BCUT2D eigenvalue weighted by Crippen LogP contribution is -2.42. The van der Waals surface area contributed by atoms with E-state index in [-0.39, 0.29) is 12.1 Å². The van der Waals surface area contributed by atoms with Crippen molar-refractivity contribution in [1.82, 2.24) is 0 Å². The zero-order valence-electron chi connectivity index (χ0n) is 7.05. The molecule has 1 aliphatic rings. The Labute approximate surface area is 72.5 Å². The molecule has 3 heteroatoms. The zero-order chi connectivity index (χ0) is 8.32. The predicted octanol–water partition coefficient (Wildman–Crippen LogP) is 0.982. The first-order valence-electron chi connectivity index (χ1n) is 4.15. The van der Waals surface area contributed by atoms with Crippen LogP contribution in [-0.4, -0.2) is 28.3 Å². The second-order valence-corrected chi connectivity index (χ2v) is 5.06. The van der Waals surface area contributed by atoms with Crippen molar-refractivity contribution in [2.45, 2.75) is 37.0 Å². The van der Waals surface area contributed by atoms with Gasteiger partial charge in [-0.3, -0.25) is 0 Å². The average Bonchev–Trinajstić information content (AvgIpc) is 2.39. The van der Waals surface area contributed by atoms with Crippen molar-refractivity contribution >= 4 is 11.8 Å². The molecule has 0 aromatic heterocycles. The summed E-state index contributed by atoms with van der Waals surface area (Å²) in [5, 5.41) is 9.61. The van der Waals surface area contributed by atoms with Crippen molar-refractivity contribution in [1.29, 1.82) is 0 Å². The van der Waals surface area contributed by atoms with Gasteiger partial charge in [-0.25, -0.2) is 0 Å². The normalized spacial score (nSPS) is 30.3. The van der Waals surface area contributed by atoms with Crippen molar-refractivity contribution in [3.63, 3.8) is 0 Å². The van der Waals surface area contributed by atoms with Crippen molar-refractivity contribution in [2.75, 3.05) is 12.4 Å². The molecule has 0 radical (unpaired) electrons. The third-order valence-corrected chi connectivity index (χ3v) is 3.48. The maximum absolute atomic E-state index is 8.92. The fraction of sp³-hybridized carbons (Fsp3) is 1.00. The summed E-state index contributed by atoms with van der Waals surface area (Å²) in [6.07, 6.45) is 3.54. The molecule has 66 valence electrons. The standard InChI is InChI=1S/C8H17NOS/c1-8(9,6-10)5-7-3-2-4-11-7/h7,10H,2-6,9H2,1H3. The second-order valence-electron chi connectivity index (χ2n) is 3.65. The van der Waals surface area contributed by atoms with Gasteiger partial charge in [-0.2, -0.15) is 11.8 Å². The van der Waals surface area contributed by atoms with Crippen LogP contribution in [0.3, 0.4) is 0 Å². The number of rotatable bonds is 3. The minimum absolute atomic E-state index is 0.101. The highest BCUT2D eigenvalue weighted by Crippen LogP contribution is 2.31. The Morgan fingerprint density at radius 3 is 2.91 bits per heavy atom. The van der Waals surface area contributed by atoms with E-state index in [1.54, 1.807) is 0 Å². The molecule has 11 heavy (non-hydrogen) atoms. The molecule has 0 spiro atoms. The van der Waals surface area contributed by atoms with Gasteiger partial charge in [0.05, 0.1) is 6.61 Å². The van der Waals surface area contributed by atoms with Crippen LogP contribution >= 0.6 is 11.8 Å². The quantitative estimate of drug-likeness (QED) is 0.672. The Hall–Kier alpha value is 0.270. The first kappa shape index (κ1) is 9.36. The summed E-state index contributed by atoms with van der Waals surface area (Å²) in [5.41, 5.74) is 5.47. The largest absolute Gasteiger partial charge is 0.394 e. The second kappa shape index (κ2) is 3.78. The molecule has 0 bridgehead atoms. The molecule has 2 atom stereocenters. The van der Waals surface area contributed by atoms with Crippen molar-refractivity contribution in [3.05, 3.63) is 0 Å².